The van der Waals surface area contributed by atoms with Crippen molar-refractivity contribution >= 4 is 22.6 Å². The lowest BCUT2D eigenvalue weighted by molar-refractivity contribution is -0.117. The standard InChI is InChI=1S/C17H22N2O2/c1-10-5-8-14-13(9-10)15(11(2)6-7-12(3)20)16(19-14)17(21)18-4/h5,8-9,11,19H,6-7H2,1-4H3,(H,18,21)/t11-/m1/s1. The second-order valence-electron chi connectivity index (χ2n) is 5.68. The number of benzene rings is 1. The normalized spacial score (nSPS) is 12.4. The summed E-state index contributed by atoms with van der Waals surface area (Å²) in [4.78, 5) is 26.6. The quantitative estimate of drug-likeness (QED) is 0.885. The molecule has 1 aromatic heterocycles. The van der Waals surface area contributed by atoms with Gasteiger partial charge in [-0.25, -0.2) is 0 Å². The molecule has 4 nitrogen and oxygen atoms in total. The molecule has 0 aliphatic heterocycles. The van der Waals surface area contributed by atoms with Crippen molar-refractivity contribution in [1.82, 2.24) is 10.3 Å². The summed E-state index contributed by atoms with van der Waals surface area (Å²) in [5, 5.41) is 3.75. The van der Waals surface area contributed by atoms with Crippen molar-refractivity contribution in [3.63, 3.8) is 0 Å². The molecule has 21 heavy (non-hydrogen) atoms. The molecular weight excluding hydrogens is 264 g/mol. The van der Waals surface area contributed by atoms with E-state index in [1.807, 2.05) is 19.1 Å². The van der Waals surface area contributed by atoms with E-state index < -0.39 is 0 Å². The predicted octanol–water partition coefficient (Wildman–Crippen LogP) is 3.31. The molecule has 1 aromatic carbocycles. The van der Waals surface area contributed by atoms with Crippen LogP contribution in [0.4, 0.5) is 0 Å². The summed E-state index contributed by atoms with van der Waals surface area (Å²) in [6.45, 7) is 5.71. The summed E-state index contributed by atoms with van der Waals surface area (Å²) >= 11 is 0. The Morgan fingerprint density at radius 2 is 2.05 bits per heavy atom. The van der Waals surface area contributed by atoms with Crippen LogP contribution in [-0.2, 0) is 4.79 Å². The number of carbonyl (C=O) groups is 2. The molecule has 0 spiro atoms. The first-order valence-corrected chi connectivity index (χ1v) is 7.27. The molecule has 2 aromatic rings. The molecule has 0 aliphatic rings. The number of fused-ring (bicyclic) bond motifs is 1. The summed E-state index contributed by atoms with van der Waals surface area (Å²) in [5.41, 5.74) is 3.73. The van der Waals surface area contributed by atoms with Gasteiger partial charge in [-0.15, -0.1) is 0 Å². The molecule has 1 heterocycles. The van der Waals surface area contributed by atoms with E-state index in [0.29, 0.717) is 12.1 Å². The minimum absolute atomic E-state index is 0.117. The van der Waals surface area contributed by atoms with E-state index in [9.17, 15) is 9.59 Å². The minimum atomic E-state index is -0.117. The van der Waals surface area contributed by atoms with Gasteiger partial charge >= 0.3 is 0 Å². The molecule has 0 radical (unpaired) electrons. The van der Waals surface area contributed by atoms with E-state index in [1.165, 1.54) is 0 Å². The van der Waals surface area contributed by atoms with Gasteiger partial charge in [-0.2, -0.15) is 0 Å². The number of ketones is 1. The zero-order valence-electron chi connectivity index (χ0n) is 13.0. The summed E-state index contributed by atoms with van der Waals surface area (Å²) in [6.07, 6.45) is 1.28. The van der Waals surface area contributed by atoms with Gasteiger partial charge in [0.05, 0.1) is 0 Å². The van der Waals surface area contributed by atoms with E-state index >= 15 is 0 Å². The van der Waals surface area contributed by atoms with Gasteiger partial charge in [-0.1, -0.05) is 18.6 Å². The lowest BCUT2D eigenvalue weighted by Gasteiger charge is -2.12. The van der Waals surface area contributed by atoms with Crippen LogP contribution >= 0.6 is 0 Å². The van der Waals surface area contributed by atoms with Gasteiger partial charge in [0.25, 0.3) is 5.91 Å². The van der Waals surface area contributed by atoms with Crippen LogP contribution in [0.3, 0.4) is 0 Å². The molecule has 0 fully saturated rings. The number of aryl methyl sites for hydroxylation is 1. The number of H-pyrrole nitrogens is 1. The van der Waals surface area contributed by atoms with Gasteiger partial charge in [0.1, 0.15) is 11.5 Å². The maximum absolute atomic E-state index is 12.1. The van der Waals surface area contributed by atoms with Crippen LogP contribution in [0.5, 0.6) is 0 Å². The van der Waals surface area contributed by atoms with Crippen LogP contribution < -0.4 is 5.32 Å². The molecule has 0 unspecified atom stereocenters. The number of hydrogen-bond donors (Lipinski definition) is 2. The highest BCUT2D eigenvalue weighted by molar-refractivity contribution is 6.01. The molecule has 0 saturated heterocycles. The lowest BCUT2D eigenvalue weighted by Crippen LogP contribution is -2.20. The molecule has 2 N–H and O–H groups in total. The highest BCUT2D eigenvalue weighted by Gasteiger charge is 2.21. The van der Waals surface area contributed by atoms with Crippen molar-refractivity contribution in [1.29, 1.82) is 0 Å². The SMILES string of the molecule is CNC(=O)c1[nH]c2ccc(C)cc2c1[C@H](C)CCC(C)=O. The second-order valence-corrected chi connectivity index (χ2v) is 5.68. The Labute approximate surface area is 124 Å². The average Bonchev–Trinajstić information content (AvgIpc) is 2.82. The number of aromatic amines is 1. The van der Waals surface area contributed by atoms with E-state index in [0.717, 1.165) is 28.5 Å². The lowest BCUT2D eigenvalue weighted by atomic mass is 9.92. The van der Waals surface area contributed by atoms with Crippen molar-refractivity contribution in [2.45, 2.75) is 39.5 Å². The zero-order valence-corrected chi connectivity index (χ0v) is 13.0. The molecule has 0 saturated carbocycles. The summed E-state index contributed by atoms with van der Waals surface area (Å²) < 4.78 is 0. The maximum Gasteiger partial charge on any atom is 0.267 e. The fraction of sp³-hybridized carbons (Fsp3) is 0.412. The molecule has 4 heteroatoms. The van der Waals surface area contributed by atoms with Crippen LogP contribution in [0.2, 0.25) is 0 Å². The fourth-order valence-corrected chi connectivity index (χ4v) is 2.71. The van der Waals surface area contributed by atoms with Gasteiger partial charge in [-0.3, -0.25) is 4.79 Å². The van der Waals surface area contributed by atoms with Crippen LogP contribution in [0, 0.1) is 6.92 Å². The molecule has 1 atom stereocenters. The molecular formula is C17H22N2O2. The number of nitrogens with one attached hydrogen (secondary N) is 2. The first-order valence-electron chi connectivity index (χ1n) is 7.27. The number of aromatic nitrogens is 1. The number of carbonyl (C=O) groups excluding carboxylic acids is 2. The highest BCUT2D eigenvalue weighted by Crippen LogP contribution is 2.32. The zero-order chi connectivity index (χ0) is 15.6. The maximum atomic E-state index is 12.1. The van der Waals surface area contributed by atoms with Crippen LogP contribution in [0.1, 0.15) is 54.2 Å². The molecule has 0 bridgehead atoms. The summed E-state index contributed by atoms with van der Waals surface area (Å²) in [5.74, 6) is 0.213. The third kappa shape index (κ3) is 3.15. The average molecular weight is 286 g/mol. The first kappa shape index (κ1) is 15.3. The summed E-state index contributed by atoms with van der Waals surface area (Å²) in [7, 11) is 1.63. The number of amides is 1. The second kappa shape index (κ2) is 6.12. The number of Topliss-reactive ketones (excluding diaryl/α,β-unsaturated/α-hetero) is 1. The number of hydrogen-bond acceptors (Lipinski definition) is 2. The Kier molecular flexibility index (Phi) is 4.46. The van der Waals surface area contributed by atoms with Crippen molar-refractivity contribution in [2.75, 3.05) is 7.05 Å². The smallest absolute Gasteiger partial charge is 0.267 e. The van der Waals surface area contributed by atoms with Gasteiger partial charge in [0.15, 0.2) is 0 Å². The molecule has 1 amide bonds. The van der Waals surface area contributed by atoms with E-state index in [4.69, 9.17) is 0 Å². The summed E-state index contributed by atoms with van der Waals surface area (Å²) in [6, 6.07) is 6.12. The third-order valence-electron chi connectivity index (χ3n) is 3.87. The molecule has 112 valence electrons. The topological polar surface area (TPSA) is 62.0 Å². The van der Waals surface area contributed by atoms with E-state index in [1.54, 1.807) is 14.0 Å². The number of rotatable bonds is 5. The Morgan fingerprint density at radius 1 is 1.33 bits per heavy atom. The van der Waals surface area contributed by atoms with E-state index in [-0.39, 0.29) is 17.6 Å². The largest absolute Gasteiger partial charge is 0.354 e. The van der Waals surface area contributed by atoms with Crippen LogP contribution in [-0.4, -0.2) is 23.7 Å². The third-order valence-corrected chi connectivity index (χ3v) is 3.87. The fourth-order valence-electron chi connectivity index (χ4n) is 2.71. The van der Waals surface area contributed by atoms with Gasteiger partial charge < -0.3 is 15.1 Å². The molecule has 2 rings (SSSR count). The van der Waals surface area contributed by atoms with E-state index in [2.05, 4.69) is 23.3 Å². The van der Waals surface area contributed by atoms with Crippen LogP contribution in [0.15, 0.2) is 18.2 Å². The van der Waals surface area contributed by atoms with Crippen molar-refractivity contribution in [3.05, 3.63) is 35.0 Å². The van der Waals surface area contributed by atoms with Crippen molar-refractivity contribution < 1.29 is 9.59 Å². The Bertz CT molecular complexity index is 685. The predicted molar refractivity (Wildman–Crippen MR) is 84.8 cm³/mol. The van der Waals surface area contributed by atoms with Crippen molar-refractivity contribution in [2.24, 2.45) is 0 Å². The Hall–Kier alpha value is -2.10. The first-order chi connectivity index (χ1) is 9.93. The highest BCUT2D eigenvalue weighted by atomic mass is 16.1. The van der Waals surface area contributed by atoms with Gasteiger partial charge in [0, 0.05) is 24.4 Å². The monoisotopic (exact) mass is 286 g/mol. The van der Waals surface area contributed by atoms with Crippen LogP contribution in [0.25, 0.3) is 10.9 Å². The van der Waals surface area contributed by atoms with Gasteiger partial charge in [0.2, 0.25) is 0 Å². The van der Waals surface area contributed by atoms with Crippen molar-refractivity contribution in [3.8, 4) is 0 Å². The Morgan fingerprint density at radius 3 is 2.67 bits per heavy atom. The molecule has 0 aliphatic carbocycles. The Balaban J connectivity index is 2.53. The van der Waals surface area contributed by atoms with Gasteiger partial charge in [-0.05, 0) is 43.9 Å². The minimum Gasteiger partial charge on any atom is -0.354 e.